The predicted octanol–water partition coefficient (Wildman–Crippen LogP) is 5.97. The van der Waals surface area contributed by atoms with E-state index in [9.17, 15) is 4.79 Å². The molecule has 2 fully saturated rings. The van der Waals surface area contributed by atoms with Crippen molar-refractivity contribution in [3.05, 3.63) is 64.7 Å². The summed E-state index contributed by atoms with van der Waals surface area (Å²) in [6.07, 6.45) is 8.54. The lowest BCUT2D eigenvalue weighted by molar-refractivity contribution is -0.139. The number of rotatable bonds is 8. The van der Waals surface area contributed by atoms with E-state index in [1.807, 2.05) is 30.0 Å². The van der Waals surface area contributed by atoms with Crippen molar-refractivity contribution in [2.75, 3.05) is 25.0 Å². The minimum atomic E-state index is 0.134. The van der Waals surface area contributed by atoms with Gasteiger partial charge in [-0.3, -0.25) is 4.79 Å². The second-order valence-corrected chi connectivity index (χ2v) is 10.2. The van der Waals surface area contributed by atoms with Crippen LogP contribution in [0.15, 0.2) is 42.5 Å². The molecular weight excluding hydrogens is 434 g/mol. The molecule has 4 rings (SSSR count). The standard InChI is InChI=1S/C30H39N3O2/c1-3-4-23-5-7-24(8-6-23)25-15-17-33(18-16-25)30(34)21-35-29-13-11-27(12-14-29)32-28-10-9-26(20-31)22(2)19-28/h5-10,19,25,27,29,32H,3-4,11-18,21H2,1-2H3. The number of benzene rings is 2. The largest absolute Gasteiger partial charge is 0.382 e. The number of carbonyl (C=O) groups is 1. The number of likely N-dealkylation sites (tertiary alicyclic amines) is 1. The van der Waals surface area contributed by atoms with Gasteiger partial charge < -0.3 is 15.0 Å². The van der Waals surface area contributed by atoms with E-state index in [2.05, 4.69) is 42.6 Å². The van der Waals surface area contributed by atoms with Crippen molar-refractivity contribution in [1.29, 1.82) is 5.26 Å². The third kappa shape index (κ3) is 6.86. The van der Waals surface area contributed by atoms with Crippen molar-refractivity contribution in [2.45, 2.75) is 83.3 Å². The quantitative estimate of drug-likeness (QED) is 0.513. The van der Waals surface area contributed by atoms with Crippen LogP contribution in [0.3, 0.4) is 0 Å². The maximum Gasteiger partial charge on any atom is 0.248 e. The monoisotopic (exact) mass is 473 g/mol. The van der Waals surface area contributed by atoms with Gasteiger partial charge in [0.15, 0.2) is 0 Å². The first-order valence-corrected chi connectivity index (χ1v) is 13.3. The molecule has 0 radical (unpaired) electrons. The SMILES string of the molecule is CCCc1ccc(C2CCN(C(=O)COC3CCC(Nc4ccc(C#N)c(C)c4)CC3)CC2)cc1. The Kier molecular flexibility index (Phi) is 8.82. The molecule has 1 aliphatic heterocycles. The van der Waals surface area contributed by atoms with Gasteiger partial charge in [0.25, 0.3) is 0 Å². The van der Waals surface area contributed by atoms with E-state index >= 15 is 0 Å². The van der Waals surface area contributed by atoms with Crippen molar-refractivity contribution >= 4 is 11.6 Å². The molecule has 1 aliphatic carbocycles. The fourth-order valence-corrected chi connectivity index (χ4v) is 5.48. The molecule has 1 saturated heterocycles. The molecule has 0 bridgehead atoms. The average molecular weight is 474 g/mol. The number of nitriles is 1. The first-order valence-electron chi connectivity index (χ1n) is 13.3. The summed E-state index contributed by atoms with van der Waals surface area (Å²) < 4.78 is 6.04. The molecule has 5 nitrogen and oxygen atoms in total. The zero-order chi connectivity index (χ0) is 24.6. The summed E-state index contributed by atoms with van der Waals surface area (Å²) >= 11 is 0. The van der Waals surface area contributed by atoms with Crippen LogP contribution in [0, 0.1) is 18.3 Å². The van der Waals surface area contributed by atoms with Gasteiger partial charge in [-0.1, -0.05) is 37.6 Å². The Bertz CT molecular complexity index is 1010. The second kappa shape index (κ2) is 12.2. The minimum absolute atomic E-state index is 0.134. The van der Waals surface area contributed by atoms with Gasteiger partial charge in [-0.05, 0) is 92.7 Å². The van der Waals surface area contributed by atoms with Crippen LogP contribution in [0.25, 0.3) is 0 Å². The normalized spacial score (nSPS) is 20.9. The fourth-order valence-electron chi connectivity index (χ4n) is 5.48. The molecule has 0 spiro atoms. The highest BCUT2D eigenvalue weighted by molar-refractivity contribution is 5.77. The first-order chi connectivity index (χ1) is 17.1. The molecule has 1 amide bonds. The van der Waals surface area contributed by atoms with Gasteiger partial charge in [-0.15, -0.1) is 0 Å². The van der Waals surface area contributed by atoms with E-state index < -0.39 is 0 Å². The number of nitrogens with one attached hydrogen (secondary N) is 1. The zero-order valence-electron chi connectivity index (χ0n) is 21.3. The number of ether oxygens (including phenoxy) is 1. The van der Waals surface area contributed by atoms with Crippen molar-refractivity contribution in [3.63, 3.8) is 0 Å². The van der Waals surface area contributed by atoms with Crippen molar-refractivity contribution in [3.8, 4) is 6.07 Å². The van der Waals surface area contributed by atoms with Gasteiger partial charge in [0.2, 0.25) is 5.91 Å². The van der Waals surface area contributed by atoms with Crippen molar-refractivity contribution in [1.82, 2.24) is 4.90 Å². The third-order valence-corrected chi connectivity index (χ3v) is 7.67. The molecule has 186 valence electrons. The fraction of sp³-hybridized carbons (Fsp3) is 0.533. The first kappa shape index (κ1) is 25.3. The summed E-state index contributed by atoms with van der Waals surface area (Å²) in [4.78, 5) is 14.7. The minimum Gasteiger partial charge on any atom is -0.382 e. The average Bonchev–Trinajstić information content (AvgIpc) is 2.89. The van der Waals surface area contributed by atoms with E-state index in [-0.39, 0.29) is 18.6 Å². The molecular formula is C30H39N3O2. The van der Waals surface area contributed by atoms with E-state index in [1.54, 1.807) is 0 Å². The van der Waals surface area contributed by atoms with Gasteiger partial charge in [0.05, 0.1) is 17.7 Å². The summed E-state index contributed by atoms with van der Waals surface area (Å²) in [5.74, 6) is 0.688. The highest BCUT2D eigenvalue weighted by Gasteiger charge is 2.26. The summed E-state index contributed by atoms with van der Waals surface area (Å²) in [5, 5.41) is 12.7. The Morgan fingerprint density at radius 3 is 2.40 bits per heavy atom. The van der Waals surface area contributed by atoms with Crippen LogP contribution in [0.5, 0.6) is 0 Å². The molecule has 5 heteroatoms. The molecule has 2 aromatic carbocycles. The number of aryl methyl sites for hydroxylation is 2. The highest BCUT2D eigenvalue weighted by atomic mass is 16.5. The van der Waals surface area contributed by atoms with E-state index in [1.165, 1.54) is 17.5 Å². The van der Waals surface area contributed by atoms with E-state index in [0.717, 1.165) is 74.8 Å². The third-order valence-electron chi connectivity index (χ3n) is 7.67. The number of anilines is 1. The molecule has 1 heterocycles. The number of hydrogen-bond acceptors (Lipinski definition) is 4. The van der Waals surface area contributed by atoms with Gasteiger partial charge in [-0.2, -0.15) is 5.26 Å². The topological polar surface area (TPSA) is 65.4 Å². The summed E-state index contributed by atoms with van der Waals surface area (Å²) in [6, 6.07) is 17.6. The lowest BCUT2D eigenvalue weighted by Crippen LogP contribution is -2.41. The molecule has 0 unspecified atom stereocenters. The Hall–Kier alpha value is -2.84. The van der Waals surface area contributed by atoms with Gasteiger partial charge in [0, 0.05) is 24.8 Å². The van der Waals surface area contributed by atoms with Crippen molar-refractivity contribution in [2.24, 2.45) is 0 Å². The Labute approximate surface area is 210 Å². The number of amides is 1. The molecule has 2 aromatic rings. The lowest BCUT2D eigenvalue weighted by atomic mass is 9.88. The predicted molar refractivity (Wildman–Crippen MR) is 141 cm³/mol. The lowest BCUT2D eigenvalue weighted by Gasteiger charge is -2.33. The van der Waals surface area contributed by atoms with Gasteiger partial charge >= 0.3 is 0 Å². The van der Waals surface area contributed by atoms with Crippen LogP contribution in [-0.2, 0) is 16.0 Å². The number of piperidine rings is 1. The Balaban J connectivity index is 1.15. The Morgan fingerprint density at radius 2 is 1.77 bits per heavy atom. The highest BCUT2D eigenvalue weighted by Crippen LogP contribution is 2.29. The molecule has 0 aromatic heterocycles. The molecule has 0 atom stereocenters. The van der Waals surface area contributed by atoms with Crippen LogP contribution >= 0.6 is 0 Å². The zero-order valence-corrected chi connectivity index (χ0v) is 21.3. The van der Waals surface area contributed by atoms with Gasteiger partial charge in [-0.25, -0.2) is 0 Å². The van der Waals surface area contributed by atoms with Crippen LogP contribution in [0.4, 0.5) is 5.69 Å². The summed E-state index contributed by atoms with van der Waals surface area (Å²) in [6.45, 7) is 6.04. The molecule has 1 saturated carbocycles. The van der Waals surface area contributed by atoms with Crippen LogP contribution in [-0.4, -0.2) is 42.6 Å². The number of carbonyl (C=O) groups excluding carboxylic acids is 1. The number of hydrogen-bond donors (Lipinski definition) is 1. The van der Waals surface area contributed by atoms with Crippen LogP contribution in [0.1, 0.15) is 80.0 Å². The molecule has 1 N–H and O–H groups in total. The number of nitrogens with zero attached hydrogens (tertiary/aromatic N) is 2. The van der Waals surface area contributed by atoms with Crippen LogP contribution < -0.4 is 5.32 Å². The second-order valence-electron chi connectivity index (χ2n) is 10.2. The Morgan fingerprint density at radius 1 is 1.06 bits per heavy atom. The molecule has 2 aliphatic rings. The van der Waals surface area contributed by atoms with Crippen molar-refractivity contribution < 1.29 is 9.53 Å². The van der Waals surface area contributed by atoms with E-state index in [4.69, 9.17) is 10.00 Å². The maximum absolute atomic E-state index is 12.8. The van der Waals surface area contributed by atoms with Gasteiger partial charge in [0.1, 0.15) is 6.61 Å². The van der Waals surface area contributed by atoms with Crippen LogP contribution in [0.2, 0.25) is 0 Å². The smallest absolute Gasteiger partial charge is 0.248 e. The maximum atomic E-state index is 12.8. The molecule has 35 heavy (non-hydrogen) atoms. The van der Waals surface area contributed by atoms with E-state index in [0.29, 0.717) is 12.0 Å². The summed E-state index contributed by atoms with van der Waals surface area (Å²) in [5.41, 5.74) is 5.62. The summed E-state index contributed by atoms with van der Waals surface area (Å²) in [7, 11) is 0.